The van der Waals surface area contributed by atoms with E-state index < -0.39 is 0 Å². The SMILES string of the molecule is CCCC(Cl)CCC1CCOC2(CCOCC2)C1. The highest BCUT2D eigenvalue weighted by atomic mass is 35.5. The second kappa shape index (κ2) is 7.12. The van der Waals surface area contributed by atoms with Gasteiger partial charge in [-0.05, 0) is 50.9 Å². The molecule has 2 fully saturated rings. The summed E-state index contributed by atoms with van der Waals surface area (Å²) in [5.74, 6) is 0.815. The first-order chi connectivity index (χ1) is 8.74. The van der Waals surface area contributed by atoms with Crippen molar-refractivity contribution in [3.63, 3.8) is 0 Å². The Bertz CT molecular complexity index is 233. The van der Waals surface area contributed by atoms with Crippen LogP contribution in [-0.4, -0.2) is 30.8 Å². The fourth-order valence-corrected chi connectivity index (χ4v) is 3.69. The molecule has 2 saturated heterocycles. The molecule has 2 rings (SSSR count). The van der Waals surface area contributed by atoms with Gasteiger partial charge in [-0.1, -0.05) is 13.3 Å². The van der Waals surface area contributed by atoms with Gasteiger partial charge in [0.15, 0.2) is 0 Å². The molecule has 2 aliphatic rings. The first-order valence-electron chi connectivity index (χ1n) is 7.60. The molecule has 0 aromatic heterocycles. The van der Waals surface area contributed by atoms with Gasteiger partial charge < -0.3 is 9.47 Å². The van der Waals surface area contributed by atoms with Gasteiger partial charge in [0.05, 0.1) is 5.60 Å². The maximum absolute atomic E-state index is 6.33. The molecule has 18 heavy (non-hydrogen) atoms. The van der Waals surface area contributed by atoms with E-state index >= 15 is 0 Å². The third kappa shape index (κ3) is 4.11. The summed E-state index contributed by atoms with van der Waals surface area (Å²) in [5, 5.41) is 0.378. The fourth-order valence-electron chi connectivity index (χ4n) is 3.34. The molecule has 0 aromatic carbocycles. The van der Waals surface area contributed by atoms with E-state index in [0.717, 1.165) is 45.0 Å². The van der Waals surface area contributed by atoms with Crippen LogP contribution in [-0.2, 0) is 9.47 Å². The molecule has 0 radical (unpaired) electrons. The van der Waals surface area contributed by atoms with Crippen LogP contribution < -0.4 is 0 Å². The average molecular weight is 275 g/mol. The van der Waals surface area contributed by atoms with Gasteiger partial charge in [0, 0.05) is 25.2 Å². The van der Waals surface area contributed by atoms with Crippen LogP contribution in [0.3, 0.4) is 0 Å². The lowest BCUT2D eigenvalue weighted by molar-refractivity contribution is -0.147. The maximum Gasteiger partial charge on any atom is 0.0729 e. The number of halogens is 1. The molecule has 0 amide bonds. The molecule has 0 N–H and O–H groups in total. The number of hydrogen-bond donors (Lipinski definition) is 0. The number of rotatable bonds is 5. The maximum atomic E-state index is 6.33. The summed E-state index contributed by atoms with van der Waals surface area (Å²) in [5.41, 5.74) is 0.147. The van der Waals surface area contributed by atoms with Gasteiger partial charge in [-0.2, -0.15) is 0 Å². The quantitative estimate of drug-likeness (QED) is 0.701. The zero-order valence-electron chi connectivity index (χ0n) is 11.6. The Balaban J connectivity index is 1.76. The van der Waals surface area contributed by atoms with Gasteiger partial charge in [-0.25, -0.2) is 0 Å². The summed E-state index contributed by atoms with van der Waals surface area (Å²) >= 11 is 6.33. The molecule has 1 spiro atoms. The van der Waals surface area contributed by atoms with E-state index in [1.807, 2.05) is 0 Å². The molecule has 0 saturated carbocycles. The van der Waals surface area contributed by atoms with Crippen LogP contribution in [0.4, 0.5) is 0 Å². The van der Waals surface area contributed by atoms with Crippen molar-refractivity contribution in [2.75, 3.05) is 19.8 Å². The molecule has 0 bridgehead atoms. The van der Waals surface area contributed by atoms with Crippen molar-refractivity contribution in [2.24, 2.45) is 5.92 Å². The van der Waals surface area contributed by atoms with Gasteiger partial charge in [-0.15, -0.1) is 11.6 Å². The normalized spacial score (nSPS) is 29.3. The molecule has 2 atom stereocenters. The summed E-state index contributed by atoms with van der Waals surface area (Å²) in [6.45, 7) is 4.90. The fraction of sp³-hybridized carbons (Fsp3) is 1.00. The van der Waals surface area contributed by atoms with Crippen molar-refractivity contribution in [1.29, 1.82) is 0 Å². The van der Waals surface area contributed by atoms with E-state index in [1.54, 1.807) is 0 Å². The number of hydrogen-bond acceptors (Lipinski definition) is 2. The first-order valence-corrected chi connectivity index (χ1v) is 8.03. The molecule has 2 heterocycles. The van der Waals surface area contributed by atoms with Crippen molar-refractivity contribution in [1.82, 2.24) is 0 Å². The van der Waals surface area contributed by atoms with Gasteiger partial charge >= 0.3 is 0 Å². The Hall–Kier alpha value is 0.210. The van der Waals surface area contributed by atoms with E-state index in [1.165, 1.54) is 32.1 Å². The van der Waals surface area contributed by atoms with Crippen molar-refractivity contribution in [3.05, 3.63) is 0 Å². The third-order valence-corrected chi connectivity index (χ3v) is 4.93. The van der Waals surface area contributed by atoms with Gasteiger partial charge in [0.2, 0.25) is 0 Å². The smallest absolute Gasteiger partial charge is 0.0729 e. The molecule has 2 nitrogen and oxygen atoms in total. The summed E-state index contributed by atoms with van der Waals surface area (Å²) in [6.07, 6.45) is 9.43. The molecular formula is C15H27ClO2. The van der Waals surface area contributed by atoms with Crippen LogP contribution in [0.5, 0.6) is 0 Å². The Morgan fingerprint density at radius 2 is 2.00 bits per heavy atom. The Morgan fingerprint density at radius 1 is 1.22 bits per heavy atom. The van der Waals surface area contributed by atoms with E-state index in [0.29, 0.717) is 5.38 Å². The minimum atomic E-state index is 0.147. The topological polar surface area (TPSA) is 18.5 Å². The second-order valence-corrected chi connectivity index (χ2v) is 6.58. The van der Waals surface area contributed by atoms with E-state index in [-0.39, 0.29) is 5.60 Å². The molecule has 2 aliphatic heterocycles. The van der Waals surface area contributed by atoms with Gasteiger partial charge in [0.25, 0.3) is 0 Å². The van der Waals surface area contributed by atoms with E-state index in [4.69, 9.17) is 21.1 Å². The lowest BCUT2D eigenvalue weighted by Gasteiger charge is -2.43. The predicted molar refractivity (Wildman–Crippen MR) is 75.2 cm³/mol. The molecule has 0 aromatic rings. The lowest BCUT2D eigenvalue weighted by Crippen LogP contribution is -2.44. The van der Waals surface area contributed by atoms with Crippen LogP contribution in [0.15, 0.2) is 0 Å². The second-order valence-electron chi connectivity index (χ2n) is 5.97. The summed E-state index contributed by atoms with van der Waals surface area (Å²) in [7, 11) is 0. The number of ether oxygens (including phenoxy) is 2. The van der Waals surface area contributed by atoms with Crippen LogP contribution >= 0.6 is 11.6 Å². The molecule has 106 valence electrons. The lowest BCUT2D eigenvalue weighted by atomic mass is 9.79. The van der Waals surface area contributed by atoms with Crippen molar-refractivity contribution >= 4 is 11.6 Å². The third-order valence-electron chi connectivity index (χ3n) is 4.49. The van der Waals surface area contributed by atoms with Crippen molar-refractivity contribution in [2.45, 2.75) is 69.3 Å². The van der Waals surface area contributed by atoms with Crippen LogP contribution in [0.25, 0.3) is 0 Å². The van der Waals surface area contributed by atoms with E-state index in [2.05, 4.69) is 6.92 Å². The molecular weight excluding hydrogens is 248 g/mol. The minimum Gasteiger partial charge on any atom is -0.381 e. The molecule has 0 aliphatic carbocycles. The monoisotopic (exact) mass is 274 g/mol. The predicted octanol–water partition coefficient (Wildman–Crippen LogP) is 4.15. The summed E-state index contributed by atoms with van der Waals surface area (Å²) in [6, 6.07) is 0. The molecule has 3 heteroatoms. The average Bonchev–Trinajstić information content (AvgIpc) is 2.38. The zero-order chi connectivity index (χ0) is 12.8. The standard InChI is InChI=1S/C15H27ClO2/c1-2-3-14(16)5-4-13-6-9-18-15(12-13)7-10-17-11-8-15/h13-14H,2-12H2,1H3. The minimum absolute atomic E-state index is 0.147. The Labute approximate surface area is 116 Å². The van der Waals surface area contributed by atoms with Crippen molar-refractivity contribution < 1.29 is 9.47 Å². The van der Waals surface area contributed by atoms with Crippen LogP contribution in [0.1, 0.15) is 58.3 Å². The van der Waals surface area contributed by atoms with Crippen LogP contribution in [0, 0.1) is 5.92 Å². The Kier molecular flexibility index (Phi) is 5.78. The Morgan fingerprint density at radius 3 is 2.72 bits per heavy atom. The van der Waals surface area contributed by atoms with Crippen molar-refractivity contribution in [3.8, 4) is 0 Å². The van der Waals surface area contributed by atoms with Gasteiger partial charge in [-0.3, -0.25) is 0 Å². The van der Waals surface area contributed by atoms with E-state index in [9.17, 15) is 0 Å². The largest absolute Gasteiger partial charge is 0.381 e. The number of alkyl halides is 1. The summed E-state index contributed by atoms with van der Waals surface area (Å²) in [4.78, 5) is 0. The highest BCUT2D eigenvalue weighted by Gasteiger charge is 2.38. The highest BCUT2D eigenvalue weighted by molar-refractivity contribution is 6.20. The molecule has 2 unspecified atom stereocenters. The highest BCUT2D eigenvalue weighted by Crippen LogP contribution is 2.39. The zero-order valence-corrected chi connectivity index (χ0v) is 12.4. The van der Waals surface area contributed by atoms with Gasteiger partial charge in [0.1, 0.15) is 0 Å². The van der Waals surface area contributed by atoms with Crippen LogP contribution in [0.2, 0.25) is 0 Å². The summed E-state index contributed by atoms with van der Waals surface area (Å²) < 4.78 is 11.5. The first kappa shape index (κ1) is 14.6.